The molecule has 88 valence electrons. The molecule has 0 bridgehead atoms. The third-order valence-electron chi connectivity index (χ3n) is 2.77. The van der Waals surface area contributed by atoms with Gasteiger partial charge in [0.1, 0.15) is 24.9 Å². The molecule has 6 heteroatoms. The molecule has 0 saturated carbocycles. The van der Waals surface area contributed by atoms with Crippen molar-refractivity contribution in [2.45, 2.75) is 37.1 Å². The number of ether oxygens (including phenoxy) is 3. The van der Waals surface area contributed by atoms with Crippen molar-refractivity contribution in [3.63, 3.8) is 0 Å². The summed E-state index contributed by atoms with van der Waals surface area (Å²) >= 11 is 0. The van der Waals surface area contributed by atoms with Gasteiger partial charge in [-0.2, -0.15) is 0 Å². The molecule has 0 aromatic heterocycles. The van der Waals surface area contributed by atoms with Crippen molar-refractivity contribution in [1.82, 2.24) is 0 Å². The Morgan fingerprint density at radius 2 is 2.07 bits per heavy atom. The molecule has 0 spiro atoms. The Morgan fingerprint density at radius 1 is 1.33 bits per heavy atom. The van der Waals surface area contributed by atoms with Gasteiger partial charge in [-0.05, 0) is 6.92 Å². The van der Waals surface area contributed by atoms with Gasteiger partial charge >= 0.3 is 0 Å². The molecule has 15 heavy (non-hydrogen) atoms. The minimum absolute atomic E-state index is 0.0225. The van der Waals surface area contributed by atoms with Crippen LogP contribution in [0.15, 0.2) is 0 Å². The van der Waals surface area contributed by atoms with Crippen molar-refractivity contribution in [3.05, 3.63) is 0 Å². The second-order valence-electron chi connectivity index (χ2n) is 4.02. The van der Waals surface area contributed by atoms with Gasteiger partial charge < -0.3 is 29.5 Å². The van der Waals surface area contributed by atoms with Crippen LogP contribution in [0.2, 0.25) is 0 Å². The van der Waals surface area contributed by atoms with E-state index in [4.69, 9.17) is 14.2 Å². The maximum atomic E-state index is 9.65. The standard InChI is InChI=1S/C9H16O6/c1-5-2-14-9(4-10,15-5)8-7(12)6(11)3-13-8/h5-8,10-12H,2-4H2,1H3/t5?,6-,7+,8-,9-/m0/s1. The first-order valence-corrected chi connectivity index (χ1v) is 4.99. The Balaban J connectivity index is 2.13. The van der Waals surface area contributed by atoms with Crippen LogP contribution < -0.4 is 0 Å². The van der Waals surface area contributed by atoms with Crippen LogP contribution in [-0.2, 0) is 14.2 Å². The Kier molecular flexibility index (Phi) is 2.98. The molecular weight excluding hydrogens is 204 g/mol. The van der Waals surface area contributed by atoms with Gasteiger partial charge in [0.25, 0.3) is 0 Å². The Morgan fingerprint density at radius 3 is 2.47 bits per heavy atom. The fourth-order valence-corrected chi connectivity index (χ4v) is 1.98. The van der Waals surface area contributed by atoms with E-state index in [0.717, 1.165) is 0 Å². The molecule has 2 aliphatic rings. The summed E-state index contributed by atoms with van der Waals surface area (Å²) in [5.74, 6) is -1.34. The highest BCUT2D eigenvalue weighted by Crippen LogP contribution is 2.34. The monoisotopic (exact) mass is 220 g/mol. The summed E-state index contributed by atoms with van der Waals surface area (Å²) in [6, 6.07) is 0. The summed E-state index contributed by atoms with van der Waals surface area (Å²) in [4.78, 5) is 0. The van der Waals surface area contributed by atoms with Gasteiger partial charge in [0.05, 0.1) is 19.3 Å². The largest absolute Gasteiger partial charge is 0.391 e. The van der Waals surface area contributed by atoms with E-state index in [1.807, 2.05) is 0 Å². The normalized spacial score (nSPS) is 51.2. The molecule has 2 aliphatic heterocycles. The summed E-state index contributed by atoms with van der Waals surface area (Å²) in [5.41, 5.74) is 0. The highest BCUT2D eigenvalue weighted by atomic mass is 16.8. The molecule has 0 radical (unpaired) electrons. The van der Waals surface area contributed by atoms with E-state index in [1.165, 1.54) is 0 Å². The lowest BCUT2D eigenvalue weighted by Crippen LogP contribution is -2.53. The minimum atomic E-state index is -1.34. The SMILES string of the molecule is CC1CO[C@](CO)([C@H]2OC[C@H](O)[C@H]2O)O1. The van der Waals surface area contributed by atoms with Crippen molar-refractivity contribution in [3.8, 4) is 0 Å². The number of rotatable bonds is 2. The van der Waals surface area contributed by atoms with Gasteiger partial charge in [0, 0.05) is 0 Å². The minimum Gasteiger partial charge on any atom is -0.391 e. The van der Waals surface area contributed by atoms with Gasteiger partial charge in [0.15, 0.2) is 0 Å². The van der Waals surface area contributed by atoms with Gasteiger partial charge in [-0.1, -0.05) is 0 Å². The van der Waals surface area contributed by atoms with Crippen molar-refractivity contribution in [2.24, 2.45) is 0 Å². The zero-order chi connectivity index (χ0) is 11.1. The average molecular weight is 220 g/mol. The average Bonchev–Trinajstić information content (AvgIpc) is 2.74. The van der Waals surface area contributed by atoms with Gasteiger partial charge in [-0.25, -0.2) is 0 Å². The molecule has 0 amide bonds. The molecule has 2 heterocycles. The van der Waals surface area contributed by atoms with E-state index in [1.54, 1.807) is 6.92 Å². The van der Waals surface area contributed by atoms with Gasteiger partial charge in [-0.3, -0.25) is 0 Å². The molecule has 0 aromatic carbocycles. The van der Waals surface area contributed by atoms with E-state index in [9.17, 15) is 15.3 Å². The van der Waals surface area contributed by atoms with Crippen LogP contribution in [0.5, 0.6) is 0 Å². The van der Waals surface area contributed by atoms with Crippen LogP contribution in [0.3, 0.4) is 0 Å². The van der Waals surface area contributed by atoms with Crippen LogP contribution in [0.25, 0.3) is 0 Å². The lowest BCUT2D eigenvalue weighted by Gasteiger charge is -2.32. The van der Waals surface area contributed by atoms with Crippen molar-refractivity contribution < 1.29 is 29.5 Å². The fourth-order valence-electron chi connectivity index (χ4n) is 1.98. The van der Waals surface area contributed by atoms with Crippen LogP contribution in [0.1, 0.15) is 6.92 Å². The smallest absolute Gasteiger partial charge is 0.221 e. The summed E-state index contributed by atoms with van der Waals surface area (Å²) in [5, 5.41) is 28.3. The maximum absolute atomic E-state index is 9.65. The summed E-state index contributed by atoms with van der Waals surface area (Å²) in [6.07, 6.45) is -3.06. The summed E-state index contributed by atoms with van der Waals surface area (Å²) in [6.45, 7) is 1.75. The number of aliphatic hydroxyl groups is 3. The quantitative estimate of drug-likeness (QED) is 0.510. The zero-order valence-electron chi connectivity index (χ0n) is 8.50. The van der Waals surface area contributed by atoms with Gasteiger partial charge in [-0.15, -0.1) is 0 Å². The molecule has 2 rings (SSSR count). The summed E-state index contributed by atoms with van der Waals surface area (Å²) in [7, 11) is 0. The molecule has 2 saturated heterocycles. The highest BCUT2D eigenvalue weighted by Gasteiger charge is 2.54. The van der Waals surface area contributed by atoms with E-state index in [-0.39, 0.29) is 12.7 Å². The first-order chi connectivity index (χ1) is 7.09. The highest BCUT2D eigenvalue weighted by molar-refractivity contribution is 4.96. The molecule has 1 unspecified atom stereocenters. The molecule has 0 aromatic rings. The first-order valence-electron chi connectivity index (χ1n) is 4.99. The molecular formula is C9H16O6. The van der Waals surface area contributed by atoms with Crippen LogP contribution in [-0.4, -0.2) is 65.3 Å². The van der Waals surface area contributed by atoms with Crippen LogP contribution in [0, 0.1) is 0 Å². The second-order valence-corrected chi connectivity index (χ2v) is 4.02. The topological polar surface area (TPSA) is 88.4 Å². The maximum Gasteiger partial charge on any atom is 0.221 e. The van der Waals surface area contributed by atoms with E-state index >= 15 is 0 Å². The zero-order valence-corrected chi connectivity index (χ0v) is 8.50. The predicted octanol–water partition coefficient (Wildman–Crippen LogP) is -1.77. The van der Waals surface area contributed by atoms with Crippen LogP contribution >= 0.6 is 0 Å². The molecule has 3 N–H and O–H groups in total. The van der Waals surface area contributed by atoms with Crippen molar-refractivity contribution in [1.29, 1.82) is 0 Å². The predicted molar refractivity (Wildman–Crippen MR) is 48.1 cm³/mol. The van der Waals surface area contributed by atoms with Crippen LogP contribution in [0.4, 0.5) is 0 Å². The van der Waals surface area contributed by atoms with Crippen molar-refractivity contribution in [2.75, 3.05) is 19.8 Å². The Labute approximate surface area is 87.4 Å². The van der Waals surface area contributed by atoms with Gasteiger partial charge in [0.2, 0.25) is 5.79 Å². The summed E-state index contributed by atoms with van der Waals surface area (Å²) < 4.78 is 16.0. The molecule has 0 aliphatic carbocycles. The van der Waals surface area contributed by atoms with E-state index < -0.39 is 30.7 Å². The Hall–Kier alpha value is -0.240. The first kappa shape index (κ1) is 11.3. The molecule has 2 fully saturated rings. The lowest BCUT2D eigenvalue weighted by atomic mass is 10.0. The Bertz CT molecular complexity index is 235. The third-order valence-corrected chi connectivity index (χ3v) is 2.77. The fraction of sp³-hybridized carbons (Fsp3) is 1.00. The van der Waals surface area contributed by atoms with Crippen molar-refractivity contribution >= 4 is 0 Å². The van der Waals surface area contributed by atoms with E-state index in [2.05, 4.69) is 0 Å². The number of hydrogen-bond acceptors (Lipinski definition) is 6. The number of aliphatic hydroxyl groups excluding tert-OH is 3. The number of hydrogen-bond donors (Lipinski definition) is 3. The second kappa shape index (κ2) is 3.97. The lowest BCUT2D eigenvalue weighted by molar-refractivity contribution is -0.260. The third kappa shape index (κ3) is 1.77. The molecule has 5 atom stereocenters. The van der Waals surface area contributed by atoms with E-state index in [0.29, 0.717) is 6.61 Å². The molecule has 6 nitrogen and oxygen atoms in total.